The summed E-state index contributed by atoms with van der Waals surface area (Å²) in [6.45, 7) is 1.58. The second kappa shape index (κ2) is 4.70. The molecular weight excluding hydrogens is 222 g/mol. The zero-order chi connectivity index (χ0) is 12.4. The van der Waals surface area contributed by atoms with Gasteiger partial charge in [-0.2, -0.15) is 0 Å². The predicted octanol–water partition coefficient (Wildman–Crippen LogP) is -0.182. The van der Waals surface area contributed by atoms with Gasteiger partial charge in [-0.15, -0.1) is 0 Å². The Balaban J connectivity index is 2.11. The van der Waals surface area contributed by atoms with Crippen LogP contribution in [-0.2, 0) is 0 Å². The molecule has 0 spiro atoms. The number of nitrogen functional groups attached to an aromatic ring is 1. The average Bonchev–Trinajstić information content (AvgIpc) is 2.85. The molecule has 17 heavy (non-hydrogen) atoms. The molecule has 1 amide bonds. The van der Waals surface area contributed by atoms with Crippen LogP contribution in [0.15, 0.2) is 4.63 Å². The van der Waals surface area contributed by atoms with Crippen LogP contribution in [0.25, 0.3) is 0 Å². The summed E-state index contributed by atoms with van der Waals surface area (Å²) in [7, 11) is 3.99. The summed E-state index contributed by atoms with van der Waals surface area (Å²) >= 11 is 0. The van der Waals surface area contributed by atoms with E-state index in [-0.39, 0.29) is 23.5 Å². The van der Waals surface area contributed by atoms with Gasteiger partial charge in [-0.1, -0.05) is 0 Å². The van der Waals surface area contributed by atoms with Gasteiger partial charge in [0, 0.05) is 19.1 Å². The molecule has 0 aromatic carbocycles. The molecule has 1 saturated heterocycles. The highest BCUT2D eigenvalue weighted by Crippen LogP contribution is 2.21. The maximum atomic E-state index is 12.2. The van der Waals surface area contributed by atoms with Gasteiger partial charge < -0.3 is 15.5 Å². The number of carbonyl (C=O) groups excluding carboxylic acids is 1. The first-order chi connectivity index (χ1) is 8.09. The number of amides is 1. The first-order valence-electron chi connectivity index (χ1n) is 5.63. The van der Waals surface area contributed by atoms with Crippen LogP contribution in [-0.4, -0.2) is 59.2 Å². The summed E-state index contributed by atoms with van der Waals surface area (Å²) in [5, 5.41) is 6.99. The monoisotopic (exact) mass is 239 g/mol. The van der Waals surface area contributed by atoms with E-state index in [0.29, 0.717) is 0 Å². The number of aromatic nitrogens is 2. The molecule has 1 fully saturated rings. The Hall–Kier alpha value is -1.63. The molecule has 1 unspecified atom stereocenters. The first-order valence-corrected chi connectivity index (χ1v) is 5.63. The van der Waals surface area contributed by atoms with E-state index in [9.17, 15) is 4.79 Å². The highest BCUT2D eigenvalue weighted by atomic mass is 16.6. The van der Waals surface area contributed by atoms with E-state index in [4.69, 9.17) is 5.73 Å². The molecule has 1 aromatic rings. The largest absolute Gasteiger partial charge is 0.379 e. The van der Waals surface area contributed by atoms with E-state index in [1.165, 1.54) is 0 Å². The lowest BCUT2D eigenvalue weighted by Gasteiger charge is -2.26. The summed E-state index contributed by atoms with van der Waals surface area (Å²) in [5.74, 6) is -0.126. The van der Waals surface area contributed by atoms with Crippen molar-refractivity contribution in [2.45, 2.75) is 18.9 Å². The molecule has 0 bridgehead atoms. The zero-order valence-corrected chi connectivity index (χ0v) is 10.1. The van der Waals surface area contributed by atoms with Crippen molar-refractivity contribution < 1.29 is 9.42 Å². The third kappa shape index (κ3) is 2.38. The van der Waals surface area contributed by atoms with Gasteiger partial charge in [0.2, 0.25) is 11.5 Å². The molecule has 2 heterocycles. The molecular formula is C10H17N5O2. The smallest absolute Gasteiger partial charge is 0.280 e. The molecule has 1 aliphatic heterocycles. The Morgan fingerprint density at radius 1 is 1.59 bits per heavy atom. The number of hydrogen-bond donors (Lipinski definition) is 1. The van der Waals surface area contributed by atoms with Crippen molar-refractivity contribution in [3.8, 4) is 0 Å². The van der Waals surface area contributed by atoms with Crippen molar-refractivity contribution >= 4 is 11.7 Å². The zero-order valence-electron chi connectivity index (χ0n) is 10.1. The summed E-state index contributed by atoms with van der Waals surface area (Å²) in [4.78, 5) is 16.1. The summed E-state index contributed by atoms with van der Waals surface area (Å²) in [5.41, 5.74) is 5.65. The Morgan fingerprint density at radius 2 is 2.35 bits per heavy atom. The van der Waals surface area contributed by atoms with Crippen molar-refractivity contribution in [2.75, 3.05) is 32.9 Å². The minimum absolute atomic E-state index is 0.0607. The fraction of sp³-hybridized carbons (Fsp3) is 0.700. The van der Waals surface area contributed by atoms with Crippen molar-refractivity contribution in [1.82, 2.24) is 20.1 Å². The number of carbonyl (C=O) groups is 1. The average molecular weight is 239 g/mol. The van der Waals surface area contributed by atoms with Gasteiger partial charge in [0.05, 0.1) is 0 Å². The number of hydrogen-bond acceptors (Lipinski definition) is 6. The minimum Gasteiger partial charge on any atom is -0.379 e. The molecule has 2 rings (SSSR count). The van der Waals surface area contributed by atoms with Gasteiger partial charge >= 0.3 is 0 Å². The number of rotatable bonds is 3. The molecule has 7 nitrogen and oxygen atoms in total. The predicted molar refractivity (Wildman–Crippen MR) is 61.3 cm³/mol. The molecule has 7 heteroatoms. The van der Waals surface area contributed by atoms with Crippen LogP contribution in [0.4, 0.5) is 5.82 Å². The van der Waals surface area contributed by atoms with Crippen LogP contribution in [0.5, 0.6) is 0 Å². The molecule has 0 saturated carbocycles. The standard InChI is InChI=1S/C10H17N5O2/c1-14(2)6-7-4-3-5-15(7)10(16)8-9(11)13-17-12-8/h7H,3-6H2,1-2H3,(H2,11,13). The van der Waals surface area contributed by atoms with Gasteiger partial charge in [0.15, 0.2) is 0 Å². The topological polar surface area (TPSA) is 88.5 Å². The van der Waals surface area contributed by atoms with Gasteiger partial charge in [0.1, 0.15) is 0 Å². The maximum absolute atomic E-state index is 12.2. The molecule has 94 valence electrons. The van der Waals surface area contributed by atoms with Crippen LogP contribution >= 0.6 is 0 Å². The van der Waals surface area contributed by atoms with Gasteiger partial charge in [-0.3, -0.25) is 4.79 Å². The molecule has 1 aromatic heterocycles. The fourth-order valence-electron chi connectivity index (χ4n) is 2.19. The van der Waals surface area contributed by atoms with Gasteiger partial charge in [0.25, 0.3) is 5.91 Å². The highest BCUT2D eigenvalue weighted by Gasteiger charge is 2.32. The van der Waals surface area contributed by atoms with Crippen LogP contribution in [0.1, 0.15) is 23.3 Å². The Labute approximate surface area is 99.5 Å². The number of anilines is 1. The SMILES string of the molecule is CN(C)CC1CCCN1C(=O)c1nonc1N. The summed E-state index contributed by atoms with van der Waals surface area (Å²) in [6, 6.07) is 0.216. The number of likely N-dealkylation sites (tertiary alicyclic amines) is 1. The second-order valence-corrected chi connectivity index (χ2v) is 4.55. The molecule has 2 N–H and O–H groups in total. The Kier molecular flexibility index (Phi) is 3.28. The number of nitrogens with zero attached hydrogens (tertiary/aromatic N) is 4. The van der Waals surface area contributed by atoms with E-state index >= 15 is 0 Å². The summed E-state index contributed by atoms with van der Waals surface area (Å²) in [6.07, 6.45) is 2.02. The Morgan fingerprint density at radius 3 is 2.94 bits per heavy atom. The molecule has 0 aliphatic carbocycles. The maximum Gasteiger partial charge on any atom is 0.280 e. The van der Waals surface area contributed by atoms with Gasteiger partial charge in [-0.05, 0) is 37.3 Å². The van der Waals surface area contributed by atoms with Gasteiger partial charge in [-0.25, -0.2) is 4.63 Å². The van der Waals surface area contributed by atoms with Crippen LogP contribution in [0.3, 0.4) is 0 Å². The minimum atomic E-state index is -0.187. The summed E-state index contributed by atoms with van der Waals surface area (Å²) < 4.78 is 4.46. The number of likely N-dealkylation sites (N-methyl/N-ethyl adjacent to an activating group) is 1. The molecule has 0 radical (unpaired) electrons. The van der Waals surface area contributed by atoms with E-state index in [2.05, 4.69) is 19.8 Å². The van der Waals surface area contributed by atoms with Crippen LogP contribution in [0.2, 0.25) is 0 Å². The van der Waals surface area contributed by atoms with E-state index in [0.717, 1.165) is 25.9 Å². The Bertz CT molecular complexity index is 403. The lowest BCUT2D eigenvalue weighted by atomic mass is 10.2. The fourth-order valence-corrected chi connectivity index (χ4v) is 2.19. The first kappa shape index (κ1) is 11.8. The lowest BCUT2D eigenvalue weighted by molar-refractivity contribution is 0.0706. The van der Waals surface area contributed by atoms with E-state index in [1.807, 2.05) is 14.1 Å². The van der Waals surface area contributed by atoms with Crippen LogP contribution in [0, 0.1) is 0 Å². The second-order valence-electron chi connectivity index (χ2n) is 4.55. The van der Waals surface area contributed by atoms with Crippen molar-refractivity contribution in [1.29, 1.82) is 0 Å². The normalized spacial score (nSPS) is 20.2. The van der Waals surface area contributed by atoms with Crippen LogP contribution < -0.4 is 5.73 Å². The van der Waals surface area contributed by atoms with E-state index < -0.39 is 0 Å². The lowest BCUT2D eigenvalue weighted by Crippen LogP contribution is -2.41. The van der Waals surface area contributed by atoms with Crippen molar-refractivity contribution in [3.63, 3.8) is 0 Å². The third-order valence-corrected chi connectivity index (χ3v) is 2.93. The van der Waals surface area contributed by atoms with Crippen molar-refractivity contribution in [2.24, 2.45) is 0 Å². The third-order valence-electron chi connectivity index (χ3n) is 2.93. The molecule has 1 atom stereocenters. The van der Waals surface area contributed by atoms with Crippen molar-refractivity contribution in [3.05, 3.63) is 5.69 Å². The van der Waals surface area contributed by atoms with E-state index in [1.54, 1.807) is 4.90 Å². The highest BCUT2D eigenvalue weighted by molar-refractivity contribution is 5.96. The number of nitrogens with two attached hydrogens (primary N) is 1. The molecule has 1 aliphatic rings. The quantitative estimate of drug-likeness (QED) is 0.787.